The van der Waals surface area contributed by atoms with Crippen molar-refractivity contribution < 1.29 is 13.9 Å². The molecular weight excluding hydrogens is 383 g/mol. The smallest absolute Gasteiger partial charge is 0.255 e. The Balaban J connectivity index is 1.58. The third kappa shape index (κ3) is 3.31. The number of carbonyl (C=O) groups is 1. The highest BCUT2D eigenvalue weighted by Gasteiger charge is 2.48. The molecule has 3 aromatic rings. The highest BCUT2D eigenvalue weighted by molar-refractivity contribution is 6.34. The van der Waals surface area contributed by atoms with Crippen LogP contribution in [0.15, 0.2) is 30.3 Å². The number of benzene rings is 1. The summed E-state index contributed by atoms with van der Waals surface area (Å²) in [7, 11) is 3.19. The van der Waals surface area contributed by atoms with Crippen molar-refractivity contribution in [1.29, 1.82) is 0 Å². The van der Waals surface area contributed by atoms with Gasteiger partial charge in [0.1, 0.15) is 0 Å². The molecule has 1 aliphatic carbocycles. The molecule has 0 unspecified atom stereocenters. The lowest BCUT2D eigenvalue weighted by Crippen LogP contribution is -2.44. The molecule has 8 heteroatoms. The summed E-state index contributed by atoms with van der Waals surface area (Å²) in [5.74, 6) is -0.608. The van der Waals surface area contributed by atoms with Crippen LogP contribution < -0.4 is 15.4 Å². The normalized spacial score (nSPS) is 14.9. The van der Waals surface area contributed by atoms with E-state index in [2.05, 4.69) is 20.6 Å². The summed E-state index contributed by atoms with van der Waals surface area (Å²) < 4.78 is 18.9. The molecule has 0 saturated heterocycles. The Bertz CT molecular complexity index is 1060. The molecule has 0 atom stereocenters. The highest BCUT2D eigenvalue weighted by Crippen LogP contribution is 2.35. The van der Waals surface area contributed by atoms with E-state index in [0.29, 0.717) is 22.8 Å². The van der Waals surface area contributed by atoms with Crippen LogP contribution in [-0.4, -0.2) is 35.6 Å². The fourth-order valence-electron chi connectivity index (χ4n) is 3.29. The van der Waals surface area contributed by atoms with Crippen LogP contribution >= 0.6 is 11.6 Å². The van der Waals surface area contributed by atoms with Crippen LogP contribution in [0.25, 0.3) is 22.2 Å². The van der Waals surface area contributed by atoms with Gasteiger partial charge in [-0.05, 0) is 50.2 Å². The van der Waals surface area contributed by atoms with Crippen LogP contribution in [0.4, 0.5) is 4.39 Å². The number of nitrogens with one attached hydrogen (secondary N) is 3. The molecule has 3 N–H and O–H groups in total. The van der Waals surface area contributed by atoms with Crippen LogP contribution in [0.1, 0.15) is 18.5 Å². The van der Waals surface area contributed by atoms with Gasteiger partial charge < -0.3 is 20.4 Å². The van der Waals surface area contributed by atoms with E-state index in [0.717, 1.165) is 29.4 Å². The molecule has 0 bridgehead atoms. The first-order chi connectivity index (χ1) is 13.5. The molecular formula is C20H20ClFN4O2. The molecule has 4 rings (SSSR count). The molecule has 1 saturated carbocycles. The van der Waals surface area contributed by atoms with Crippen molar-refractivity contribution in [2.75, 3.05) is 14.2 Å². The number of H-pyrrole nitrogens is 1. The summed E-state index contributed by atoms with van der Waals surface area (Å²) in [6.45, 7) is 0.388. The lowest BCUT2D eigenvalue weighted by molar-refractivity contribution is -0.124. The van der Waals surface area contributed by atoms with E-state index in [1.165, 1.54) is 13.2 Å². The molecule has 0 radical (unpaired) electrons. The minimum absolute atomic E-state index is 0.00489. The number of rotatable bonds is 6. The fourth-order valence-corrected chi connectivity index (χ4v) is 3.56. The maximum absolute atomic E-state index is 14.0. The number of hydrogen-bond acceptors (Lipinski definition) is 4. The number of likely N-dealkylation sites (N-methyl/N-ethyl adjacent to an activating group) is 1. The van der Waals surface area contributed by atoms with E-state index >= 15 is 0 Å². The van der Waals surface area contributed by atoms with Gasteiger partial charge in [-0.2, -0.15) is 4.39 Å². The zero-order chi connectivity index (χ0) is 19.9. The van der Waals surface area contributed by atoms with Crippen molar-refractivity contribution in [2.24, 2.45) is 0 Å². The minimum Gasteiger partial charge on any atom is -0.492 e. The van der Waals surface area contributed by atoms with Gasteiger partial charge in [0, 0.05) is 22.2 Å². The third-order valence-electron chi connectivity index (χ3n) is 5.18. The lowest BCUT2D eigenvalue weighted by Gasteiger charge is -2.13. The number of methoxy groups -OCH3 is 1. The van der Waals surface area contributed by atoms with E-state index < -0.39 is 11.5 Å². The summed E-state index contributed by atoms with van der Waals surface area (Å²) in [6, 6.07) is 8.74. The van der Waals surface area contributed by atoms with Gasteiger partial charge in [-0.15, -0.1) is 0 Å². The van der Waals surface area contributed by atoms with E-state index in [4.69, 9.17) is 16.3 Å². The summed E-state index contributed by atoms with van der Waals surface area (Å²) in [5, 5.41) is 7.40. The van der Waals surface area contributed by atoms with E-state index in [-0.39, 0.29) is 11.7 Å². The zero-order valence-electron chi connectivity index (χ0n) is 15.5. The van der Waals surface area contributed by atoms with Gasteiger partial charge in [-0.1, -0.05) is 11.6 Å². The first-order valence-electron chi connectivity index (χ1n) is 8.95. The second kappa shape index (κ2) is 7.07. The predicted octanol–water partition coefficient (Wildman–Crippen LogP) is 3.40. The molecule has 146 valence electrons. The quantitative estimate of drug-likeness (QED) is 0.552. The van der Waals surface area contributed by atoms with Crippen molar-refractivity contribution in [1.82, 2.24) is 20.6 Å². The van der Waals surface area contributed by atoms with Crippen LogP contribution in [0.5, 0.6) is 5.75 Å². The molecule has 1 aromatic carbocycles. The van der Waals surface area contributed by atoms with Crippen molar-refractivity contribution in [3.05, 3.63) is 47.0 Å². The Morgan fingerprint density at radius 1 is 1.36 bits per heavy atom. The molecule has 28 heavy (non-hydrogen) atoms. The van der Waals surface area contributed by atoms with Gasteiger partial charge >= 0.3 is 0 Å². The maximum Gasteiger partial charge on any atom is 0.255 e. The van der Waals surface area contributed by atoms with Gasteiger partial charge in [0.15, 0.2) is 5.75 Å². The molecule has 2 aromatic heterocycles. The van der Waals surface area contributed by atoms with Gasteiger partial charge in [0.25, 0.3) is 5.95 Å². The number of halogens is 2. The Hall–Kier alpha value is -2.64. The van der Waals surface area contributed by atoms with Crippen LogP contribution in [-0.2, 0) is 11.3 Å². The number of fused-ring (bicyclic) bond motifs is 1. The number of nitrogens with zero attached hydrogens (tertiary/aromatic N) is 1. The summed E-state index contributed by atoms with van der Waals surface area (Å²) in [6.07, 6.45) is 1.71. The number of aromatic amines is 1. The Morgan fingerprint density at radius 2 is 2.14 bits per heavy atom. The molecule has 2 heterocycles. The highest BCUT2D eigenvalue weighted by atomic mass is 35.5. The maximum atomic E-state index is 14.0. The monoisotopic (exact) mass is 402 g/mol. The average molecular weight is 403 g/mol. The number of aromatic nitrogens is 2. The van der Waals surface area contributed by atoms with E-state index in [1.807, 2.05) is 12.1 Å². The standard InChI is InChI=1S/C20H20ClFN4O2/c1-23-20(5-6-20)19(27)24-10-12-7-11-8-14(21)13(9-16(11)25-12)15-3-4-17(28-2)18(22)26-15/h3-4,7-9,23,25H,5-6,10H2,1-2H3,(H,24,27). The van der Waals surface area contributed by atoms with Gasteiger partial charge in [0.2, 0.25) is 5.91 Å². The van der Waals surface area contributed by atoms with Crippen LogP contribution in [0.3, 0.4) is 0 Å². The largest absolute Gasteiger partial charge is 0.492 e. The van der Waals surface area contributed by atoms with Crippen molar-refractivity contribution in [2.45, 2.75) is 24.9 Å². The molecule has 0 aliphatic heterocycles. The lowest BCUT2D eigenvalue weighted by atomic mass is 10.1. The Kier molecular flexibility index (Phi) is 4.72. The van der Waals surface area contributed by atoms with Crippen molar-refractivity contribution >= 4 is 28.4 Å². The minimum atomic E-state index is -0.690. The summed E-state index contributed by atoms with van der Waals surface area (Å²) in [4.78, 5) is 19.5. The van der Waals surface area contributed by atoms with Crippen molar-refractivity contribution in [3.8, 4) is 17.0 Å². The predicted molar refractivity (Wildman–Crippen MR) is 106 cm³/mol. The molecule has 1 aliphatic rings. The Labute approximate surface area is 166 Å². The molecule has 0 spiro atoms. The van der Waals surface area contributed by atoms with E-state index in [1.54, 1.807) is 19.2 Å². The van der Waals surface area contributed by atoms with Crippen molar-refractivity contribution in [3.63, 3.8) is 0 Å². The second-order valence-electron chi connectivity index (χ2n) is 6.92. The molecule has 1 amide bonds. The number of ether oxygens (including phenoxy) is 1. The van der Waals surface area contributed by atoms with Gasteiger partial charge in [0.05, 0.1) is 29.9 Å². The Morgan fingerprint density at radius 3 is 2.79 bits per heavy atom. The average Bonchev–Trinajstić information content (AvgIpc) is 3.40. The van der Waals surface area contributed by atoms with Gasteiger partial charge in [-0.25, -0.2) is 4.98 Å². The zero-order valence-corrected chi connectivity index (χ0v) is 16.3. The third-order valence-corrected chi connectivity index (χ3v) is 5.49. The molecule has 1 fully saturated rings. The number of pyridine rings is 1. The van der Waals surface area contributed by atoms with Gasteiger partial charge in [-0.3, -0.25) is 4.79 Å². The van der Waals surface area contributed by atoms with E-state index in [9.17, 15) is 9.18 Å². The van der Waals surface area contributed by atoms with Crippen LogP contribution in [0, 0.1) is 5.95 Å². The first kappa shape index (κ1) is 18.7. The first-order valence-corrected chi connectivity index (χ1v) is 9.33. The number of carbonyl (C=O) groups excluding carboxylic acids is 1. The SMILES string of the molecule is CNC1(C(=O)NCc2cc3cc(Cl)c(-c4ccc(OC)c(F)n4)cc3[nH]2)CC1. The second-order valence-corrected chi connectivity index (χ2v) is 7.33. The molecule has 6 nitrogen and oxygen atoms in total. The topological polar surface area (TPSA) is 79.0 Å². The number of hydrogen-bond donors (Lipinski definition) is 3. The summed E-state index contributed by atoms with van der Waals surface area (Å²) in [5.41, 5.74) is 2.31. The summed E-state index contributed by atoms with van der Waals surface area (Å²) >= 11 is 6.40. The number of amides is 1. The fraction of sp³-hybridized carbons (Fsp3) is 0.300. The van der Waals surface area contributed by atoms with Crippen LogP contribution in [0.2, 0.25) is 5.02 Å².